The molecule has 0 fully saturated rings. The number of carbonyl (C=O) groups is 1. The lowest BCUT2D eigenvalue weighted by atomic mass is 10.1. The van der Waals surface area contributed by atoms with Gasteiger partial charge in [0, 0.05) is 22.7 Å². The van der Waals surface area contributed by atoms with Crippen molar-refractivity contribution in [2.45, 2.75) is 19.9 Å². The van der Waals surface area contributed by atoms with Gasteiger partial charge in [-0.3, -0.25) is 4.98 Å². The maximum Gasteiger partial charge on any atom is 0.335 e. The molecule has 152 valence electrons. The summed E-state index contributed by atoms with van der Waals surface area (Å²) in [6.45, 7) is 4.17. The van der Waals surface area contributed by atoms with E-state index in [4.69, 9.17) is 9.72 Å². The second kappa shape index (κ2) is 7.82. The number of rotatable bonds is 6. The largest absolute Gasteiger partial charge is 0.496 e. The summed E-state index contributed by atoms with van der Waals surface area (Å²) < 4.78 is 7.11. The molecule has 2 N–H and O–H groups in total. The molecular formula is C22H21N5O3. The minimum Gasteiger partial charge on any atom is -0.496 e. The van der Waals surface area contributed by atoms with E-state index < -0.39 is 5.97 Å². The zero-order valence-corrected chi connectivity index (χ0v) is 16.8. The first-order valence-electron chi connectivity index (χ1n) is 9.44. The van der Waals surface area contributed by atoms with Crippen molar-refractivity contribution in [2.75, 3.05) is 12.4 Å². The third kappa shape index (κ3) is 3.67. The molecule has 0 aliphatic rings. The van der Waals surface area contributed by atoms with Crippen LogP contribution in [0.5, 0.6) is 5.75 Å². The Morgan fingerprint density at radius 2 is 1.97 bits per heavy atom. The first-order chi connectivity index (χ1) is 14.5. The molecule has 2 aromatic carbocycles. The maximum atomic E-state index is 11.2. The van der Waals surface area contributed by atoms with Crippen LogP contribution < -0.4 is 10.1 Å². The number of anilines is 1. The van der Waals surface area contributed by atoms with Crippen LogP contribution in [0.2, 0.25) is 0 Å². The van der Waals surface area contributed by atoms with E-state index in [-0.39, 0.29) is 5.56 Å². The van der Waals surface area contributed by atoms with Gasteiger partial charge in [0.15, 0.2) is 5.82 Å². The normalized spacial score (nSPS) is 11.1. The van der Waals surface area contributed by atoms with E-state index in [0.717, 1.165) is 16.6 Å². The van der Waals surface area contributed by atoms with Gasteiger partial charge in [0.05, 0.1) is 42.5 Å². The number of nitrogens with one attached hydrogen (secondary N) is 1. The highest BCUT2D eigenvalue weighted by atomic mass is 16.5. The third-order valence-electron chi connectivity index (χ3n) is 4.59. The van der Waals surface area contributed by atoms with Crippen molar-refractivity contribution in [3.05, 3.63) is 60.6 Å². The molecule has 0 unspecified atom stereocenters. The average molecular weight is 403 g/mol. The second-order valence-electron chi connectivity index (χ2n) is 7.11. The Balaban J connectivity index is 1.78. The lowest BCUT2D eigenvalue weighted by molar-refractivity contribution is 0.0696. The van der Waals surface area contributed by atoms with Gasteiger partial charge in [0.2, 0.25) is 0 Å². The predicted molar refractivity (Wildman–Crippen MR) is 114 cm³/mol. The van der Waals surface area contributed by atoms with Gasteiger partial charge in [-0.15, -0.1) is 0 Å². The molecule has 8 nitrogen and oxygen atoms in total. The molecule has 8 heteroatoms. The summed E-state index contributed by atoms with van der Waals surface area (Å²) in [6.07, 6.45) is 5.03. The zero-order chi connectivity index (χ0) is 21.3. The number of benzene rings is 2. The van der Waals surface area contributed by atoms with Gasteiger partial charge in [-0.1, -0.05) is 0 Å². The molecule has 0 amide bonds. The number of nitrogens with zero attached hydrogens (tertiary/aromatic N) is 4. The SMILES string of the molecule is COc1cc(C(=O)O)ccc1-c1cncc(-n2ncc3ccc(NC(C)C)cc32)n1. The van der Waals surface area contributed by atoms with E-state index >= 15 is 0 Å². The van der Waals surface area contributed by atoms with E-state index in [2.05, 4.69) is 29.2 Å². The predicted octanol–water partition coefficient (Wildman–Crippen LogP) is 4.01. The number of aromatic nitrogens is 4. The molecule has 0 spiro atoms. The minimum atomic E-state index is -1.02. The lowest BCUT2D eigenvalue weighted by Crippen LogP contribution is -2.09. The van der Waals surface area contributed by atoms with Gasteiger partial charge in [-0.05, 0) is 50.2 Å². The Kier molecular flexibility index (Phi) is 5.05. The molecule has 0 saturated carbocycles. The number of hydrogen-bond donors (Lipinski definition) is 2. The quantitative estimate of drug-likeness (QED) is 0.501. The van der Waals surface area contributed by atoms with Gasteiger partial charge in [0.1, 0.15) is 5.75 Å². The number of methoxy groups -OCH3 is 1. The monoisotopic (exact) mass is 403 g/mol. The van der Waals surface area contributed by atoms with Crippen molar-refractivity contribution in [3.63, 3.8) is 0 Å². The molecule has 0 bridgehead atoms. The van der Waals surface area contributed by atoms with Crippen molar-refractivity contribution in [2.24, 2.45) is 0 Å². The maximum absolute atomic E-state index is 11.2. The number of aromatic carboxylic acids is 1. The van der Waals surface area contributed by atoms with E-state index in [0.29, 0.717) is 28.9 Å². The summed E-state index contributed by atoms with van der Waals surface area (Å²) >= 11 is 0. The fourth-order valence-electron chi connectivity index (χ4n) is 3.25. The van der Waals surface area contributed by atoms with Gasteiger partial charge in [-0.2, -0.15) is 5.10 Å². The van der Waals surface area contributed by atoms with Crippen LogP contribution in [-0.4, -0.2) is 44.0 Å². The summed E-state index contributed by atoms with van der Waals surface area (Å²) in [5.74, 6) is -0.0582. The fourth-order valence-corrected chi connectivity index (χ4v) is 3.25. The fraction of sp³-hybridized carbons (Fsp3) is 0.182. The molecule has 2 aromatic heterocycles. The van der Waals surface area contributed by atoms with Crippen LogP contribution in [0.4, 0.5) is 5.69 Å². The number of fused-ring (bicyclic) bond motifs is 1. The molecule has 0 saturated heterocycles. The molecule has 30 heavy (non-hydrogen) atoms. The smallest absolute Gasteiger partial charge is 0.335 e. The summed E-state index contributed by atoms with van der Waals surface area (Å²) in [6, 6.07) is 11.0. The Labute approximate surface area is 173 Å². The molecule has 0 aliphatic carbocycles. The minimum absolute atomic E-state index is 0.142. The Morgan fingerprint density at radius 1 is 1.13 bits per heavy atom. The third-order valence-corrected chi connectivity index (χ3v) is 4.59. The summed E-state index contributed by atoms with van der Waals surface area (Å²) in [7, 11) is 1.49. The summed E-state index contributed by atoms with van der Waals surface area (Å²) in [5, 5.41) is 18.1. The van der Waals surface area contributed by atoms with Gasteiger partial charge < -0.3 is 15.2 Å². The Morgan fingerprint density at radius 3 is 2.70 bits per heavy atom. The summed E-state index contributed by atoms with van der Waals surface area (Å²) in [4.78, 5) is 20.3. The number of carboxylic acid groups (broad SMARTS) is 1. The van der Waals surface area contributed by atoms with Crippen molar-refractivity contribution in [3.8, 4) is 22.8 Å². The molecular weight excluding hydrogens is 382 g/mol. The number of ether oxygens (including phenoxy) is 1. The highest BCUT2D eigenvalue weighted by Gasteiger charge is 2.14. The zero-order valence-electron chi connectivity index (χ0n) is 16.8. The van der Waals surface area contributed by atoms with E-state index in [1.807, 2.05) is 18.2 Å². The van der Waals surface area contributed by atoms with Crippen LogP contribution >= 0.6 is 0 Å². The van der Waals surface area contributed by atoms with Gasteiger partial charge in [-0.25, -0.2) is 14.5 Å². The average Bonchev–Trinajstić information content (AvgIpc) is 3.16. The Hall–Kier alpha value is -3.94. The Bertz CT molecular complexity index is 1230. The molecule has 0 radical (unpaired) electrons. The van der Waals surface area contributed by atoms with Crippen LogP contribution in [0.3, 0.4) is 0 Å². The highest BCUT2D eigenvalue weighted by molar-refractivity contribution is 5.89. The van der Waals surface area contributed by atoms with Crippen molar-refractivity contribution >= 4 is 22.6 Å². The number of hydrogen-bond acceptors (Lipinski definition) is 6. The standard InChI is InChI=1S/C22H21N5O3/c1-13(2)25-16-6-4-15-10-24-27(19(15)9-16)21-12-23-11-18(26-21)17-7-5-14(22(28)29)8-20(17)30-3/h4-13,25H,1-3H3,(H,28,29). The van der Waals surface area contributed by atoms with E-state index in [1.165, 1.54) is 19.2 Å². The molecule has 0 atom stereocenters. The lowest BCUT2D eigenvalue weighted by Gasteiger charge is -2.11. The topological polar surface area (TPSA) is 102 Å². The van der Waals surface area contributed by atoms with Gasteiger partial charge in [0.25, 0.3) is 0 Å². The molecule has 0 aliphatic heterocycles. The highest BCUT2D eigenvalue weighted by Crippen LogP contribution is 2.30. The molecule has 4 rings (SSSR count). The van der Waals surface area contributed by atoms with E-state index in [9.17, 15) is 9.90 Å². The van der Waals surface area contributed by atoms with Crippen molar-refractivity contribution in [1.29, 1.82) is 0 Å². The molecule has 4 aromatic rings. The van der Waals surface area contributed by atoms with Crippen LogP contribution in [0.1, 0.15) is 24.2 Å². The van der Waals surface area contributed by atoms with Crippen LogP contribution in [0, 0.1) is 0 Å². The number of carboxylic acids is 1. The van der Waals surface area contributed by atoms with Crippen LogP contribution in [0.15, 0.2) is 55.0 Å². The second-order valence-corrected chi connectivity index (χ2v) is 7.11. The first-order valence-corrected chi connectivity index (χ1v) is 9.44. The molecule has 2 heterocycles. The van der Waals surface area contributed by atoms with Crippen LogP contribution in [0.25, 0.3) is 28.0 Å². The summed E-state index contributed by atoms with van der Waals surface area (Å²) in [5.41, 5.74) is 3.24. The van der Waals surface area contributed by atoms with E-state index in [1.54, 1.807) is 29.3 Å². The van der Waals surface area contributed by atoms with Crippen molar-refractivity contribution in [1.82, 2.24) is 19.7 Å². The van der Waals surface area contributed by atoms with Gasteiger partial charge >= 0.3 is 5.97 Å². The van der Waals surface area contributed by atoms with Crippen molar-refractivity contribution < 1.29 is 14.6 Å². The van der Waals surface area contributed by atoms with Crippen LogP contribution in [-0.2, 0) is 0 Å². The first kappa shape index (κ1) is 19.4.